The van der Waals surface area contributed by atoms with Crippen LogP contribution in [0.5, 0.6) is 0 Å². The van der Waals surface area contributed by atoms with Gasteiger partial charge < -0.3 is 4.74 Å². The lowest BCUT2D eigenvalue weighted by Gasteiger charge is -2.13. The van der Waals surface area contributed by atoms with Crippen LogP contribution in [0.1, 0.15) is 10.4 Å². The van der Waals surface area contributed by atoms with Crippen molar-refractivity contribution >= 4 is 52.7 Å². The molecule has 0 spiro atoms. The number of hydrogen-bond acceptors (Lipinski definition) is 11. The lowest BCUT2D eigenvalue weighted by atomic mass is 10.1. The maximum Gasteiger partial charge on any atom is 0.338 e. The second-order valence-corrected chi connectivity index (χ2v) is 5.85. The van der Waals surface area contributed by atoms with E-state index >= 15 is 0 Å². The molecule has 0 saturated carbocycles. The van der Waals surface area contributed by atoms with E-state index in [1.54, 1.807) is 0 Å². The zero-order chi connectivity index (χ0) is 18.8. The third-order valence-electron chi connectivity index (χ3n) is 3.33. The summed E-state index contributed by atoms with van der Waals surface area (Å²) in [6, 6.07) is 1.17. The number of methoxy groups -OCH3 is 1. The van der Waals surface area contributed by atoms with Gasteiger partial charge in [-0.3, -0.25) is 25.2 Å². The molecular weight excluding hydrogens is 368 g/mol. The second-order valence-electron chi connectivity index (χ2n) is 4.82. The molecule has 0 aromatic heterocycles. The molecule has 1 unspecified atom stereocenters. The molecule has 132 valence electrons. The summed E-state index contributed by atoms with van der Waals surface area (Å²) in [6.07, 6.45) is 2.45. The number of aliphatic imine (C=N–C) groups is 4. The molecule has 13 heteroatoms. The normalized spacial score (nSPS) is 17.3. The minimum atomic E-state index is -0.926. The molecule has 0 N–H and O–H groups in total. The number of esters is 1. The van der Waals surface area contributed by atoms with Crippen LogP contribution in [0.15, 0.2) is 37.0 Å². The van der Waals surface area contributed by atoms with E-state index in [2.05, 4.69) is 24.7 Å². The Labute approximate surface area is 148 Å². The van der Waals surface area contributed by atoms with Crippen LogP contribution in [0.2, 0.25) is 0 Å². The number of thioether (sulfide) groups is 1. The van der Waals surface area contributed by atoms with Gasteiger partial charge in [-0.25, -0.2) is 19.8 Å². The van der Waals surface area contributed by atoms with Gasteiger partial charge >= 0.3 is 5.97 Å². The molecule has 2 heterocycles. The third-order valence-corrected chi connectivity index (χ3v) is 4.49. The molecule has 12 nitrogen and oxygen atoms in total. The quantitative estimate of drug-likeness (QED) is 0.438. The molecule has 0 amide bonds. The first-order chi connectivity index (χ1) is 12.4. The topological polar surface area (TPSA) is 162 Å². The molecule has 0 saturated heterocycles. The number of fused-ring (bicyclic) bond motifs is 1. The summed E-state index contributed by atoms with van der Waals surface area (Å²) in [5.74, 6) is -0.594. The predicted octanol–water partition coefficient (Wildman–Crippen LogP) is 1.63. The van der Waals surface area contributed by atoms with E-state index in [-0.39, 0.29) is 15.5 Å². The van der Waals surface area contributed by atoms with E-state index in [4.69, 9.17) is 0 Å². The Morgan fingerprint density at radius 3 is 2.38 bits per heavy atom. The summed E-state index contributed by atoms with van der Waals surface area (Å²) in [7, 11) is 1.07. The highest BCUT2D eigenvalue weighted by Crippen LogP contribution is 2.40. The first-order valence-corrected chi connectivity index (χ1v) is 7.66. The van der Waals surface area contributed by atoms with Crippen LogP contribution in [0, 0.1) is 20.2 Å². The molecule has 26 heavy (non-hydrogen) atoms. The number of ether oxygens (including phenoxy) is 1. The highest BCUT2D eigenvalue weighted by Gasteiger charge is 2.34. The maximum atomic E-state index is 11.7. The number of carbonyl (C=O) groups is 1. The maximum absolute atomic E-state index is 11.7. The van der Waals surface area contributed by atoms with E-state index < -0.39 is 33.2 Å². The minimum Gasteiger partial charge on any atom is -0.465 e. The fourth-order valence-corrected chi connectivity index (χ4v) is 3.25. The van der Waals surface area contributed by atoms with Crippen LogP contribution < -0.4 is 0 Å². The van der Waals surface area contributed by atoms with Crippen LogP contribution in [0.3, 0.4) is 0 Å². The van der Waals surface area contributed by atoms with Gasteiger partial charge in [-0.15, -0.1) is 0 Å². The molecule has 2 aliphatic rings. The number of carbonyl (C=O) groups excluding carboxylic acids is 1. The molecule has 1 aromatic rings. The van der Waals surface area contributed by atoms with Gasteiger partial charge in [-0.1, -0.05) is 11.8 Å². The zero-order valence-electron chi connectivity index (χ0n) is 12.9. The van der Waals surface area contributed by atoms with Crippen molar-refractivity contribution in [2.45, 2.75) is 10.9 Å². The van der Waals surface area contributed by atoms with Gasteiger partial charge in [-0.2, -0.15) is 0 Å². The molecule has 0 bridgehead atoms. The third kappa shape index (κ3) is 3.06. The van der Waals surface area contributed by atoms with Crippen LogP contribution in [-0.4, -0.2) is 52.5 Å². The lowest BCUT2D eigenvalue weighted by molar-refractivity contribution is -0.399. The van der Waals surface area contributed by atoms with Crippen LogP contribution in [0.4, 0.5) is 11.4 Å². The molecule has 1 atom stereocenters. The Bertz CT molecular complexity index is 917. The van der Waals surface area contributed by atoms with E-state index in [1.165, 1.54) is 12.7 Å². The van der Waals surface area contributed by atoms with Crippen molar-refractivity contribution in [3.63, 3.8) is 0 Å². The van der Waals surface area contributed by atoms with E-state index in [1.807, 2.05) is 0 Å². The number of nitrogens with zero attached hydrogens (tertiary/aromatic N) is 6. The average molecular weight is 376 g/mol. The standard InChI is InChI=1S/C13H8N6O6S/c1-25-13(20)6-2-7(18(21)22)10(8(3-6)19(23)24)26-12-9-11(15-4-14-9)16-5-17-12/h2-5,9H,1H3. The van der Waals surface area contributed by atoms with Gasteiger partial charge in [0.05, 0.1) is 22.5 Å². The van der Waals surface area contributed by atoms with E-state index in [0.717, 1.165) is 19.2 Å². The number of amidine groups is 1. The highest BCUT2D eigenvalue weighted by molar-refractivity contribution is 8.14. The van der Waals surface area contributed by atoms with E-state index in [9.17, 15) is 25.0 Å². The van der Waals surface area contributed by atoms with Gasteiger partial charge in [0.1, 0.15) is 17.7 Å². The Kier molecular flexibility index (Phi) is 4.53. The summed E-state index contributed by atoms with van der Waals surface area (Å²) in [5, 5.41) is 23.1. The SMILES string of the molecule is COC(=O)c1cc([N+](=O)[O-])c(SC2=NC=NC3=NC=NC32)c([N+](=O)[O-])c1. The second kappa shape index (κ2) is 6.79. The Balaban J connectivity index is 2.12. The summed E-state index contributed by atoms with van der Waals surface area (Å²) in [6.45, 7) is 0. The van der Waals surface area contributed by atoms with Crippen molar-refractivity contribution in [2.75, 3.05) is 7.11 Å². The first kappa shape index (κ1) is 17.3. The lowest BCUT2D eigenvalue weighted by Crippen LogP contribution is -2.25. The molecular formula is C13H8N6O6S. The van der Waals surface area contributed by atoms with Gasteiger partial charge in [0.25, 0.3) is 11.4 Å². The predicted molar refractivity (Wildman–Crippen MR) is 92.6 cm³/mol. The summed E-state index contributed by atoms with van der Waals surface area (Å²) >= 11 is 0.708. The Morgan fingerprint density at radius 1 is 1.15 bits per heavy atom. The van der Waals surface area contributed by atoms with Gasteiger partial charge in [-0.05, 0) is 0 Å². The fourth-order valence-electron chi connectivity index (χ4n) is 2.19. The van der Waals surface area contributed by atoms with Crippen molar-refractivity contribution in [1.82, 2.24) is 0 Å². The van der Waals surface area contributed by atoms with Gasteiger partial charge in [0, 0.05) is 12.1 Å². The summed E-state index contributed by atoms with van der Waals surface area (Å²) in [4.78, 5) is 48.5. The van der Waals surface area contributed by atoms with Crippen molar-refractivity contribution < 1.29 is 19.4 Å². The van der Waals surface area contributed by atoms with Crippen molar-refractivity contribution in [3.8, 4) is 0 Å². The molecule has 0 radical (unpaired) electrons. The number of hydrogen-bond donors (Lipinski definition) is 0. The van der Waals surface area contributed by atoms with Crippen LogP contribution in [-0.2, 0) is 4.74 Å². The molecule has 0 aliphatic carbocycles. The summed E-state index contributed by atoms with van der Waals surface area (Å²) in [5.41, 5.74) is -1.53. The van der Waals surface area contributed by atoms with Gasteiger partial charge in [0.2, 0.25) is 0 Å². The fraction of sp³-hybridized carbons (Fsp3) is 0.154. The smallest absolute Gasteiger partial charge is 0.338 e. The highest BCUT2D eigenvalue weighted by atomic mass is 32.2. The number of rotatable bonds is 4. The number of nitro benzene ring substituents is 2. The minimum absolute atomic E-state index is 0.240. The molecule has 2 aliphatic heterocycles. The van der Waals surface area contributed by atoms with Gasteiger partial charge in [0.15, 0.2) is 16.8 Å². The Hall–Kier alpha value is -3.48. The van der Waals surface area contributed by atoms with E-state index in [0.29, 0.717) is 17.6 Å². The molecule has 3 rings (SSSR count). The van der Waals surface area contributed by atoms with Crippen molar-refractivity contribution in [2.24, 2.45) is 20.0 Å². The molecule has 0 fully saturated rings. The average Bonchev–Trinajstić information content (AvgIpc) is 3.10. The number of benzene rings is 1. The Morgan fingerprint density at radius 2 is 1.81 bits per heavy atom. The first-order valence-electron chi connectivity index (χ1n) is 6.85. The molecule has 1 aromatic carbocycles. The van der Waals surface area contributed by atoms with Crippen LogP contribution >= 0.6 is 11.8 Å². The number of nitro groups is 2. The van der Waals surface area contributed by atoms with Crippen LogP contribution in [0.25, 0.3) is 0 Å². The zero-order valence-corrected chi connectivity index (χ0v) is 13.7. The monoisotopic (exact) mass is 376 g/mol. The van der Waals surface area contributed by atoms with Crippen molar-refractivity contribution in [1.29, 1.82) is 0 Å². The largest absolute Gasteiger partial charge is 0.465 e. The summed E-state index contributed by atoms with van der Waals surface area (Å²) < 4.78 is 4.49. The van der Waals surface area contributed by atoms with Crippen molar-refractivity contribution in [3.05, 3.63) is 37.9 Å².